The second-order valence-electron chi connectivity index (χ2n) is 11.9. The molecule has 0 amide bonds. The summed E-state index contributed by atoms with van der Waals surface area (Å²) in [4.78, 5) is 28.3. The fourth-order valence-electron chi connectivity index (χ4n) is 5.51. The molecule has 2 aromatic heterocycles. The number of hydrogen-bond donors (Lipinski definition) is 8. The second kappa shape index (κ2) is 17.8. The third-order valence-electron chi connectivity index (χ3n) is 7.82. The Hall–Kier alpha value is -6.00. The first-order valence-electron chi connectivity index (χ1n) is 16.5. The fraction of sp³-hybridized carbons (Fsp3) is 0.222. The summed E-state index contributed by atoms with van der Waals surface area (Å²) in [7, 11) is 0. The van der Waals surface area contributed by atoms with Crippen LogP contribution in [0.1, 0.15) is 22.3 Å². The average Bonchev–Trinajstić information content (AvgIpc) is 3.79. The van der Waals surface area contributed by atoms with Crippen LogP contribution >= 0.6 is 22.7 Å². The van der Waals surface area contributed by atoms with Gasteiger partial charge in [0, 0.05) is 49.7 Å². The van der Waals surface area contributed by atoms with E-state index in [0.29, 0.717) is 51.9 Å². The molecule has 0 aliphatic heterocycles. The van der Waals surface area contributed by atoms with Crippen LogP contribution in [-0.4, -0.2) is 60.0 Å². The molecule has 0 bridgehead atoms. The Kier molecular flexibility index (Phi) is 12.7. The molecule has 5 aromatic rings. The van der Waals surface area contributed by atoms with Gasteiger partial charge in [0.1, 0.15) is 10.0 Å². The highest BCUT2D eigenvalue weighted by molar-refractivity contribution is 7.18. The predicted octanol–water partition coefficient (Wildman–Crippen LogP) is 2.53. The van der Waals surface area contributed by atoms with Crippen molar-refractivity contribution in [3.05, 3.63) is 95.3 Å². The lowest BCUT2D eigenvalue weighted by molar-refractivity contribution is 0.936. The van der Waals surface area contributed by atoms with E-state index in [4.69, 9.17) is 55.8 Å². The van der Waals surface area contributed by atoms with E-state index in [1.165, 1.54) is 0 Å². The van der Waals surface area contributed by atoms with Crippen molar-refractivity contribution in [1.82, 2.24) is 9.97 Å². The van der Waals surface area contributed by atoms with Gasteiger partial charge < -0.3 is 45.9 Å². The highest BCUT2D eigenvalue weighted by Gasteiger charge is 2.13. The number of hydrogen-bond acceptors (Lipinski definition) is 8. The van der Waals surface area contributed by atoms with E-state index >= 15 is 0 Å². The van der Waals surface area contributed by atoms with Gasteiger partial charge in [0.15, 0.2) is 23.8 Å². The van der Waals surface area contributed by atoms with Crippen molar-refractivity contribution < 1.29 is 0 Å². The Morgan fingerprint density at radius 2 is 0.769 bits per heavy atom. The van der Waals surface area contributed by atoms with Crippen molar-refractivity contribution in [2.45, 2.75) is 25.7 Å². The Balaban J connectivity index is 1.39. The van der Waals surface area contributed by atoms with E-state index < -0.39 is 0 Å². The Bertz CT molecular complexity index is 1870. The van der Waals surface area contributed by atoms with Gasteiger partial charge in [-0.05, 0) is 65.1 Å². The summed E-state index contributed by atoms with van der Waals surface area (Å²) < 4.78 is 0. The second-order valence-corrected chi connectivity index (χ2v) is 14.0. The number of guanidine groups is 4. The molecule has 16 N–H and O–H groups in total. The monoisotopic (exact) mass is 736 g/mol. The molecule has 5 rings (SSSR count). The van der Waals surface area contributed by atoms with Crippen LogP contribution in [0.15, 0.2) is 93.0 Å². The molecule has 0 saturated heterocycles. The number of aliphatic imine (C=N–C) groups is 4. The van der Waals surface area contributed by atoms with Gasteiger partial charge in [0.05, 0.1) is 9.75 Å². The largest absolute Gasteiger partial charge is 0.370 e. The number of nitrogens with zero attached hydrogens (tertiary/aromatic N) is 6. The lowest BCUT2D eigenvalue weighted by Crippen LogP contribution is -2.23. The van der Waals surface area contributed by atoms with Crippen LogP contribution in [0.25, 0.3) is 42.0 Å². The molecule has 2 heterocycles. The van der Waals surface area contributed by atoms with Gasteiger partial charge in [0.2, 0.25) is 0 Å². The molecule has 14 nitrogen and oxygen atoms in total. The highest BCUT2D eigenvalue weighted by Crippen LogP contribution is 2.37. The zero-order valence-electron chi connectivity index (χ0n) is 28.7. The summed E-state index contributed by atoms with van der Waals surface area (Å²) in [5, 5.41) is 1.81. The minimum atomic E-state index is 0.0720. The summed E-state index contributed by atoms with van der Waals surface area (Å²) in [6, 6.07) is 21.2. The molecule has 0 aliphatic carbocycles. The minimum Gasteiger partial charge on any atom is -0.370 e. The van der Waals surface area contributed by atoms with E-state index in [-0.39, 0.29) is 23.8 Å². The van der Waals surface area contributed by atoms with Crippen LogP contribution in [0.4, 0.5) is 0 Å². The Morgan fingerprint density at radius 3 is 1.08 bits per heavy atom. The van der Waals surface area contributed by atoms with Crippen molar-refractivity contribution in [1.29, 1.82) is 0 Å². The van der Waals surface area contributed by atoms with Crippen LogP contribution in [0.5, 0.6) is 0 Å². The Labute approximate surface area is 310 Å². The molecular weight excluding hydrogens is 693 g/mol. The van der Waals surface area contributed by atoms with Gasteiger partial charge in [-0.1, -0.05) is 54.6 Å². The highest BCUT2D eigenvalue weighted by atomic mass is 32.1. The van der Waals surface area contributed by atoms with Crippen molar-refractivity contribution in [3.8, 4) is 42.0 Å². The topological polar surface area (TPSA) is 283 Å². The molecule has 0 aliphatic rings. The molecule has 0 atom stereocenters. The Morgan fingerprint density at radius 1 is 0.442 bits per heavy atom. The van der Waals surface area contributed by atoms with E-state index in [1.54, 1.807) is 22.7 Å². The molecule has 3 aromatic carbocycles. The summed E-state index contributed by atoms with van der Waals surface area (Å²) in [6.07, 6.45) is 6.57. The third kappa shape index (κ3) is 11.0. The van der Waals surface area contributed by atoms with E-state index in [2.05, 4.69) is 74.6 Å². The maximum absolute atomic E-state index is 5.55. The summed E-state index contributed by atoms with van der Waals surface area (Å²) >= 11 is 3.25. The lowest BCUT2D eigenvalue weighted by Gasteiger charge is -2.08. The number of thiazole rings is 2. The predicted molar refractivity (Wildman–Crippen MR) is 217 cm³/mol. The first-order valence-corrected chi connectivity index (χ1v) is 18.2. The first kappa shape index (κ1) is 37.3. The minimum absolute atomic E-state index is 0.0720. The van der Waals surface area contributed by atoms with Crippen LogP contribution in [-0.2, 0) is 25.7 Å². The SMILES string of the molecule is NC(N)=NCCc1cc(CCN=C(N)N)cc(-c2cnc(-c3cccc(-c4ncc(-c5cc(CCN=C(N)N)cc(CCN=C(N)N)c5)s4)c3)s2)c1. The third-order valence-corrected chi connectivity index (χ3v) is 10.0. The zero-order valence-corrected chi connectivity index (χ0v) is 30.3. The molecule has 52 heavy (non-hydrogen) atoms. The van der Waals surface area contributed by atoms with Crippen LogP contribution < -0.4 is 45.9 Å². The van der Waals surface area contributed by atoms with Crippen LogP contribution in [0, 0.1) is 0 Å². The van der Waals surface area contributed by atoms with Gasteiger partial charge in [0.25, 0.3) is 0 Å². The number of benzene rings is 3. The van der Waals surface area contributed by atoms with Gasteiger partial charge in [-0.3, -0.25) is 20.0 Å². The molecule has 0 spiro atoms. The van der Waals surface area contributed by atoms with Crippen LogP contribution in [0.3, 0.4) is 0 Å². The maximum Gasteiger partial charge on any atom is 0.185 e. The maximum atomic E-state index is 5.55. The van der Waals surface area contributed by atoms with Crippen molar-refractivity contribution in [2.24, 2.45) is 65.8 Å². The molecule has 16 heteroatoms. The quantitative estimate of drug-likeness (QED) is 0.0541. The van der Waals surface area contributed by atoms with Gasteiger partial charge in [-0.25, -0.2) is 9.97 Å². The molecule has 0 radical (unpaired) electrons. The van der Waals surface area contributed by atoms with Crippen molar-refractivity contribution in [3.63, 3.8) is 0 Å². The molecule has 0 fully saturated rings. The molecule has 0 saturated carbocycles. The van der Waals surface area contributed by atoms with Gasteiger partial charge in [-0.2, -0.15) is 0 Å². The standard InChI is InChI=1S/C36H44N14S2/c37-33(38)45-8-4-21-12-22(5-9-46-34(39)40)15-27(14-21)29-19-49-31(51-29)25-2-1-3-26(18-25)32-50-20-30(52-32)28-16-23(6-10-47-35(41)42)13-24(17-28)7-11-48-36(43)44/h1-3,12-20H,4-11H2,(H4,37,38,45)(H4,39,40,46)(H4,41,42,47)(H4,43,44,48). The summed E-state index contributed by atoms with van der Waals surface area (Å²) in [5.41, 5.74) is 53.0. The van der Waals surface area contributed by atoms with Crippen molar-refractivity contribution >= 4 is 46.5 Å². The van der Waals surface area contributed by atoms with Crippen LogP contribution in [0.2, 0.25) is 0 Å². The molecular formula is C36H44N14S2. The van der Waals surface area contributed by atoms with Gasteiger partial charge in [-0.15, -0.1) is 22.7 Å². The molecule has 270 valence electrons. The summed E-state index contributed by atoms with van der Waals surface area (Å²) in [6.45, 7) is 1.96. The van der Waals surface area contributed by atoms with E-state index in [9.17, 15) is 0 Å². The van der Waals surface area contributed by atoms with E-state index in [1.807, 2.05) is 18.5 Å². The average molecular weight is 737 g/mol. The van der Waals surface area contributed by atoms with Gasteiger partial charge >= 0.3 is 0 Å². The van der Waals surface area contributed by atoms with Crippen molar-refractivity contribution in [2.75, 3.05) is 26.2 Å². The lowest BCUT2D eigenvalue weighted by atomic mass is 10.0. The number of aromatic nitrogens is 2. The summed E-state index contributed by atoms with van der Waals surface area (Å²) in [5.74, 6) is 0.288. The normalized spacial score (nSPS) is 10.8. The number of rotatable bonds is 16. The molecule has 0 unspecified atom stereocenters. The number of nitrogens with two attached hydrogens (primary N) is 8. The fourth-order valence-corrected chi connectivity index (χ4v) is 7.31. The van der Waals surface area contributed by atoms with E-state index in [0.717, 1.165) is 64.3 Å². The zero-order chi connectivity index (χ0) is 37.0. The smallest absolute Gasteiger partial charge is 0.185 e. The first-order chi connectivity index (χ1) is 25.0.